The second kappa shape index (κ2) is 9.71. The number of benzene rings is 1. The van der Waals surface area contributed by atoms with Crippen molar-refractivity contribution in [1.29, 1.82) is 0 Å². The molecule has 1 unspecified atom stereocenters. The van der Waals surface area contributed by atoms with E-state index in [9.17, 15) is 14.4 Å². The molecule has 1 amide bonds. The SMILES string of the molecule is CCOC(=O)C(CC(=O)C1CC1)C1CCN(C(=O)OCc2ccccc2)CC1. The molecular formula is C22H29NO5. The van der Waals surface area contributed by atoms with Gasteiger partial charge in [0, 0.05) is 25.4 Å². The second-order valence-corrected chi connectivity index (χ2v) is 7.67. The minimum atomic E-state index is -0.393. The third kappa shape index (κ3) is 5.57. The van der Waals surface area contributed by atoms with Crippen LogP contribution in [0.4, 0.5) is 4.79 Å². The number of nitrogens with zero attached hydrogens (tertiary/aromatic N) is 1. The Morgan fingerprint density at radius 2 is 1.71 bits per heavy atom. The molecule has 0 radical (unpaired) electrons. The summed E-state index contributed by atoms with van der Waals surface area (Å²) >= 11 is 0. The highest BCUT2D eigenvalue weighted by Gasteiger charge is 2.38. The number of likely N-dealkylation sites (tertiary alicyclic amines) is 1. The molecule has 1 aliphatic carbocycles. The lowest BCUT2D eigenvalue weighted by atomic mass is 9.81. The van der Waals surface area contributed by atoms with Crippen molar-refractivity contribution >= 4 is 17.8 Å². The predicted octanol–water partition coefficient (Wildman–Crippen LogP) is 3.58. The van der Waals surface area contributed by atoms with E-state index in [0.717, 1.165) is 18.4 Å². The van der Waals surface area contributed by atoms with E-state index in [1.807, 2.05) is 30.3 Å². The summed E-state index contributed by atoms with van der Waals surface area (Å²) in [6, 6.07) is 9.57. The average molecular weight is 387 g/mol. The van der Waals surface area contributed by atoms with Crippen LogP contribution in [0.3, 0.4) is 0 Å². The van der Waals surface area contributed by atoms with Crippen molar-refractivity contribution < 1.29 is 23.9 Å². The number of amides is 1. The zero-order valence-corrected chi connectivity index (χ0v) is 16.5. The van der Waals surface area contributed by atoms with Gasteiger partial charge >= 0.3 is 12.1 Å². The molecule has 0 aromatic heterocycles. The minimum absolute atomic E-state index is 0.0694. The maximum absolute atomic E-state index is 12.4. The number of esters is 1. The molecular weight excluding hydrogens is 358 g/mol. The Morgan fingerprint density at radius 1 is 1.04 bits per heavy atom. The van der Waals surface area contributed by atoms with E-state index in [-0.39, 0.29) is 42.7 Å². The number of rotatable bonds is 8. The van der Waals surface area contributed by atoms with Gasteiger partial charge in [0.15, 0.2) is 0 Å². The summed E-state index contributed by atoms with van der Waals surface area (Å²) in [7, 11) is 0. The summed E-state index contributed by atoms with van der Waals surface area (Å²) < 4.78 is 10.6. The van der Waals surface area contributed by atoms with Crippen LogP contribution < -0.4 is 0 Å². The van der Waals surface area contributed by atoms with Gasteiger partial charge in [-0.3, -0.25) is 9.59 Å². The topological polar surface area (TPSA) is 72.9 Å². The van der Waals surface area contributed by atoms with E-state index in [4.69, 9.17) is 9.47 Å². The molecule has 1 aromatic rings. The lowest BCUT2D eigenvalue weighted by Gasteiger charge is -2.34. The third-order valence-electron chi connectivity index (χ3n) is 5.62. The zero-order chi connectivity index (χ0) is 19.9. The molecule has 152 valence electrons. The van der Waals surface area contributed by atoms with Crippen LogP contribution in [0.15, 0.2) is 30.3 Å². The van der Waals surface area contributed by atoms with Gasteiger partial charge in [-0.2, -0.15) is 0 Å². The van der Waals surface area contributed by atoms with Gasteiger partial charge in [0.2, 0.25) is 0 Å². The molecule has 0 spiro atoms. The molecule has 3 rings (SSSR count). The van der Waals surface area contributed by atoms with Gasteiger partial charge in [-0.25, -0.2) is 4.79 Å². The van der Waals surface area contributed by atoms with Crippen LogP contribution in [0.2, 0.25) is 0 Å². The number of ketones is 1. The Balaban J connectivity index is 1.50. The molecule has 28 heavy (non-hydrogen) atoms. The standard InChI is InChI=1S/C22H29NO5/c1-2-27-21(25)19(14-20(24)18-8-9-18)17-10-12-23(13-11-17)22(26)28-15-16-6-4-3-5-7-16/h3-7,17-19H,2,8-15H2,1H3. The van der Waals surface area contributed by atoms with E-state index in [1.54, 1.807) is 11.8 Å². The van der Waals surface area contributed by atoms with Crippen molar-refractivity contribution in [2.75, 3.05) is 19.7 Å². The highest BCUT2D eigenvalue weighted by atomic mass is 16.6. The van der Waals surface area contributed by atoms with Crippen LogP contribution in [0, 0.1) is 17.8 Å². The lowest BCUT2D eigenvalue weighted by Crippen LogP contribution is -2.42. The van der Waals surface area contributed by atoms with Crippen molar-refractivity contribution in [1.82, 2.24) is 4.90 Å². The largest absolute Gasteiger partial charge is 0.466 e. The summed E-state index contributed by atoms with van der Waals surface area (Å²) in [4.78, 5) is 38.7. The van der Waals surface area contributed by atoms with Crippen molar-refractivity contribution in [3.63, 3.8) is 0 Å². The molecule has 0 N–H and O–H groups in total. The van der Waals surface area contributed by atoms with E-state index >= 15 is 0 Å². The molecule has 1 aliphatic heterocycles. The lowest BCUT2D eigenvalue weighted by molar-refractivity contribution is -0.152. The van der Waals surface area contributed by atoms with Crippen LogP contribution in [0.25, 0.3) is 0 Å². The number of carbonyl (C=O) groups is 3. The maximum Gasteiger partial charge on any atom is 0.410 e. The molecule has 1 heterocycles. The van der Waals surface area contributed by atoms with Crippen molar-refractivity contribution in [2.24, 2.45) is 17.8 Å². The van der Waals surface area contributed by atoms with Gasteiger partial charge < -0.3 is 14.4 Å². The highest BCUT2D eigenvalue weighted by molar-refractivity contribution is 5.87. The molecule has 2 fully saturated rings. The Hall–Kier alpha value is -2.37. The molecule has 1 saturated heterocycles. The van der Waals surface area contributed by atoms with Crippen LogP contribution in [0.5, 0.6) is 0 Å². The van der Waals surface area contributed by atoms with Crippen molar-refractivity contribution in [3.8, 4) is 0 Å². The molecule has 6 nitrogen and oxygen atoms in total. The Labute approximate surface area is 166 Å². The van der Waals surface area contributed by atoms with Gasteiger partial charge in [-0.15, -0.1) is 0 Å². The normalized spacial score (nSPS) is 18.4. The number of hydrogen-bond acceptors (Lipinski definition) is 5. The number of Topliss-reactive ketones (excluding diaryl/α,β-unsaturated/α-hetero) is 1. The molecule has 1 atom stereocenters. The van der Waals surface area contributed by atoms with Crippen LogP contribution >= 0.6 is 0 Å². The fraction of sp³-hybridized carbons (Fsp3) is 0.591. The maximum atomic E-state index is 12.4. The van der Waals surface area contributed by atoms with Crippen LogP contribution in [-0.4, -0.2) is 42.4 Å². The van der Waals surface area contributed by atoms with Gasteiger partial charge in [-0.1, -0.05) is 30.3 Å². The van der Waals surface area contributed by atoms with Gasteiger partial charge in [0.25, 0.3) is 0 Å². The summed E-state index contributed by atoms with van der Waals surface area (Å²) in [5.41, 5.74) is 0.951. The van der Waals surface area contributed by atoms with Crippen LogP contribution in [-0.2, 0) is 25.7 Å². The summed E-state index contributed by atoms with van der Waals surface area (Å²) in [5, 5.41) is 0. The Kier molecular flexibility index (Phi) is 7.06. The number of hydrogen-bond donors (Lipinski definition) is 0. The number of carbonyl (C=O) groups excluding carboxylic acids is 3. The number of ether oxygens (including phenoxy) is 2. The first-order chi connectivity index (χ1) is 13.6. The predicted molar refractivity (Wildman–Crippen MR) is 103 cm³/mol. The first-order valence-corrected chi connectivity index (χ1v) is 10.2. The molecule has 2 aliphatic rings. The van der Waals surface area contributed by atoms with Crippen molar-refractivity contribution in [2.45, 2.75) is 45.6 Å². The summed E-state index contributed by atoms with van der Waals surface area (Å²) in [6.07, 6.45) is 3.19. The quantitative estimate of drug-likeness (QED) is 0.638. The van der Waals surface area contributed by atoms with E-state index in [1.165, 1.54) is 0 Å². The van der Waals surface area contributed by atoms with Crippen LogP contribution in [0.1, 0.15) is 44.6 Å². The Morgan fingerprint density at radius 3 is 2.32 bits per heavy atom. The zero-order valence-electron chi connectivity index (χ0n) is 16.5. The molecule has 0 bridgehead atoms. The first-order valence-electron chi connectivity index (χ1n) is 10.2. The van der Waals surface area contributed by atoms with E-state index < -0.39 is 5.92 Å². The third-order valence-corrected chi connectivity index (χ3v) is 5.62. The van der Waals surface area contributed by atoms with E-state index in [2.05, 4.69) is 0 Å². The minimum Gasteiger partial charge on any atom is -0.466 e. The molecule has 1 aromatic carbocycles. The monoisotopic (exact) mass is 387 g/mol. The van der Waals surface area contributed by atoms with Gasteiger partial charge in [-0.05, 0) is 44.1 Å². The smallest absolute Gasteiger partial charge is 0.410 e. The molecule has 1 saturated carbocycles. The fourth-order valence-corrected chi connectivity index (χ4v) is 3.78. The summed E-state index contributed by atoms with van der Waals surface area (Å²) in [6.45, 7) is 3.42. The highest BCUT2D eigenvalue weighted by Crippen LogP contribution is 2.35. The fourth-order valence-electron chi connectivity index (χ4n) is 3.78. The second-order valence-electron chi connectivity index (χ2n) is 7.67. The average Bonchev–Trinajstić information content (AvgIpc) is 3.56. The van der Waals surface area contributed by atoms with Gasteiger partial charge in [0.05, 0.1) is 12.5 Å². The first kappa shape index (κ1) is 20.4. The molecule has 6 heteroatoms. The number of piperidine rings is 1. The summed E-state index contributed by atoms with van der Waals surface area (Å²) in [5.74, 6) is -0.273. The van der Waals surface area contributed by atoms with Gasteiger partial charge in [0.1, 0.15) is 12.4 Å². The van der Waals surface area contributed by atoms with E-state index in [0.29, 0.717) is 32.5 Å². The Bertz CT molecular complexity index is 677. The van der Waals surface area contributed by atoms with Crippen molar-refractivity contribution in [3.05, 3.63) is 35.9 Å².